The first kappa shape index (κ1) is 17.1. The molecule has 1 aromatic heterocycles. The van der Waals surface area contributed by atoms with Gasteiger partial charge < -0.3 is 10.2 Å². The van der Waals surface area contributed by atoms with Gasteiger partial charge >= 0.3 is 0 Å². The van der Waals surface area contributed by atoms with Gasteiger partial charge in [0.15, 0.2) is 0 Å². The van der Waals surface area contributed by atoms with Gasteiger partial charge in [0.1, 0.15) is 10.7 Å². The molecule has 2 aliphatic heterocycles. The van der Waals surface area contributed by atoms with Gasteiger partial charge in [0.2, 0.25) is 5.91 Å². The smallest absolute Gasteiger partial charge is 0.266 e. The highest BCUT2D eigenvalue weighted by Crippen LogP contribution is 2.41. The van der Waals surface area contributed by atoms with Crippen LogP contribution in [0, 0.1) is 12.7 Å². The number of benzene rings is 1. The zero-order valence-corrected chi connectivity index (χ0v) is 15.3. The Kier molecular flexibility index (Phi) is 4.48. The number of hydrogen-bond donors (Lipinski definition) is 1. The highest BCUT2D eigenvalue weighted by atomic mass is 32.1. The molecule has 5 nitrogen and oxygen atoms in total. The van der Waals surface area contributed by atoms with Crippen LogP contribution in [-0.2, 0) is 4.79 Å². The van der Waals surface area contributed by atoms with Crippen molar-refractivity contribution in [2.75, 3.05) is 0 Å². The summed E-state index contributed by atoms with van der Waals surface area (Å²) in [5.41, 5.74) is 2.85. The fourth-order valence-electron chi connectivity index (χ4n) is 4.12. The quantitative estimate of drug-likeness (QED) is 0.879. The van der Waals surface area contributed by atoms with Crippen LogP contribution < -0.4 is 5.32 Å². The lowest BCUT2D eigenvalue weighted by atomic mass is 10.0. The van der Waals surface area contributed by atoms with Gasteiger partial charge in [-0.2, -0.15) is 0 Å². The number of fused-ring (bicyclic) bond motifs is 1. The second kappa shape index (κ2) is 6.79. The van der Waals surface area contributed by atoms with Crippen LogP contribution in [0.4, 0.5) is 4.39 Å². The minimum Gasteiger partial charge on any atom is -0.351 e. The summed E-state index contributed by atoms with van der Waals surface area (Å²) in [7, 11) is 0. The third-order valence-electron chi connectivity index (χ3n) is 5.32. The molecule has 2 saturated heterocycles. The molecule has 2 aliphatic rings. The van der Waals surface area contributed by atoms with Gasteiger partial charge in [0, 0.05) is 12.0 Å². The van der Waals surface area contributed by atoms with Crippen LogP contribution in [0.25, 0.3) is 0 Å². The van der Waals surface area contributed by atoms with Crippen molar-refractivity contribution in [3.05, 3.63) is 51.7 Å². The third kappa shape index (κ3) is 2.90. The number of halogens is 1. The van der Waals surface area contributed by atoms with E-state index >= 15 is 0 Å². The molecule has 0 aliphatic carbocycles. The molecule has 3 heterocycles. The average molecular weight is 373 g/mol. The SMILES string of the molecule is Cc1ncsc1C(=O)N1[C@H](c2ccccc2F)C[C@H]2NC(=O)CCC[C@@H]21. The maximum absolute atomic E-state index is 14.5. The molecule has 1 aromatic carbocycles. The van der Waals surface area contributed by atoms with E-state index < -0.39 is 6.04 Å². The number of nitrogens with one attached hydrogen (secondary N) is 1. The first-order valence-corrected chi connectivity index (χ1v) is 9.70. The van der Waals surface area contributed by atoms with E-state index in [-0.39, 0.29) is 29.7 Å². The van der Waals surface area contributed by atoms with Crippen LogP contribution in [0.15, 0.2) is 29.8 Å². The van der Waals surface area contributed by atoms with Gasteiger partial charge in [0.25, 0.3) is 5.91 Å². The van der Waals surface area contributed by atoms with Crippen molar-refractivity contribution in [2.45, 2.75) is 50.7 Å². The maximum atomic E-state index is 14.5. The van der Waals surface area contributed by atoms with Crippen LogP contribution in [0.2, 0.25) is 0 Å². The Bertz CT molecular complexity index is 853. The number of hydrogen-bond acceptors (Lipinski definition) is 4. The molecular formula is C19H20FN3O2S. The minimum atomic E-state index is -0.390. The largest absolute Gasteiger partial charge is 0.351 e. The molecule has 4 rings (SSSR count). The maximum Gasteiger partial charge on any atom is 0.266 e. The summed E-state index contributed by atoms with van der Waals surface area (Å²) in [4.78, 5) is 31.9. The van der Waals surface area contributed by atoms with Crippen molar-refractivity contribution in [3.63, 3.8) is 0 Å². The fraction of sp³-hybridized carbons (Fsp3) is 0.421. The van der Waals surface area contributed by atoms with E-state index in [1.807, 2.05) is 6.92 Å². The second-order valence-corrected chi connectivity index (χ2v) is 7.74. The molecule has 2 aromatic rings. The van der Waals surface area contributed by atoms with Crippen LogP contribution in [0.5, 0.6) is 0 Å². The summed E-state index contributed by atoms with van der Waals surface area (Å²) in [6, 6.07) is 5.92. The van der Waals surface area contributed by atoms with Gasteiger partial charge in [-0.3, -0.25) is 9.59 Å². The number of carbonyl (C=O) groups excluding carboxylic acids is 2. The molecule has 1 N–H and O–H groups in total. The number of carbonyl (C=O) groups is 2. The Morgan fingerprint density at radius 2 is 2.19 bits per heavy atom. The van der Waals surface area contributed by atoms with Gasteiger partial charge in [-0.05, 0) is 32.3 Å². The lowest BCUT2D eigenvalue weighted by molar-refractivity contribution is -0.121. The minimum absolute atomic E-state index is 0.00746. The first-order chi connectivity index (χ1) is 12.6. The Labute approximate surface area is 155 Å². The molecule has 3 atom stereocenters. The Hall–Kier alpha value is -2.28. The molecule has 0 saturated carbocycles. The standard InChI is InChI=1S/C19H20FN3O2S/c1-11-18(26-10-21-11)19(25)23-15-7-4-8-17(24)22-14(15)9-16(23)12-5-2-3-6-13(12)20/h2-3,5-6,10,14-16H,4,7-9H2,1H3,(H,22,24)/t14-,15+,16+/m1/s1. The van der Waals surface area contributed by atoms with Crippen molar-refractivity contribution in [3.8, 4) is 0 Å². The second-order valence-electron chi connectivity index (χ2n) is 6.89. The van der Waals surface area contributed by atoms with Crippen molar-refractivity contribution in [1.82, 2.24) is 15.2 Å². The molecule has 0 bridgehead atoms. The number of likely N-dealkylation sites (tertiary alicyclic amines) is 1. The summed E-state index contributed by atoms with van der Waals surface area (Å²) in [6.45, 7) is 1.81. The summed E-state index contributed by atoms with van der Waals surface area (Å²) in [5.74, 6) is -0.436. The van der Waals surface area contributed by atoms with Gasteiger partial charge in [-0.15, -0.1) is 11.3 Å². The van der Waals surface area contributed by atoms with Gasteiger partial charge in [-0.1, -0.05) is 18.2 Å². The molecule has 0 unspecified atom stereocenters. The number of aromatic nitrogens is 1. The number of rotatable bonds is 2. The highest BCUT2D eigenvalue weighted by Gasteiger charge is 2.47. The van der Waals surface area contributed by atoms with Crippen LogP contribution >= 0.6 is 11.3 Å². The number of aryl methyl sites for hydroxylation is 1. The van der Waals surface area contributed by atoms with E-state index in [0.717, 1.165) is 12.8 Å². The topological polar surface area (TPSA) is 62.3 Å². The van der Waals surface area contributed by atoms with Gasteiger partial charge in [-0.25, -0.2) is 9.37 Å². The normalized spacial score (nSPS) is 25.5. The number of nitrogens with zero attached hydrogens (tertiary/aromatic N) is 2. The predicted molar refractivity (Wildman–Crippen MR) is 96.3 cm³/mol. The summed E-state index contributed by atoms with van der Waals surface area (Å²) in [6.07, 6.45) is 2.46. The molecular weight excluding hydrogens is 353 g/mol. The third-order valence-corrected chi connectivity index (χ3v) is 6.24. The van der Waals surface area contributed by atoms with E-state index in [2.05, 4.69) is 10.3 Å². The Morgan fingerprint density at radius 3 is 2.92 bits per heavy atom. The fourth-order valence-corrected chi connectivity index (χ4v) is 4.87. The van der Waals surface area contributed by atoms with E-state index in [0.29, 0.717) is 29.0 Å². The first-order valence-electron chi connectivity index (χ1n) is 8.83. The zero-order valence-electron chi connectivity index (χ0n) is 14.4. The summed E-state index contributed by atoms with van der Waals surface area (Å²) in [5, 5.41) is 3.04. The molecule has 2 fully saturated rings. The van der Waals surface area contributed by atoms with Crippen LogP contribution in [0.1, 0.15) is 52.7 Å². The molecule has 7 heteroatoms. The number of amides is 2. The van der Waals surface area contributed by atoms with Crippen molar-refractivity contribution >= 4 is 23.2 Å². The lowest BCUT2D eigenvalue weighted by Gasteiger charge is -2.31. The van der Waals surface area contributed by atoms with Crippen LogP contribution in [-0.4, -0.2) is 33.8 Å². The predicted octanol–water partition coefficient (Wildman–Crippen LogP) is 3.22. The monoisotopic (exact) mass is 373 g/mol. The molecule has 136 valence electrons. The van der Waals surface area contributed by atoms with E-state index in [1.54, 1.807) is 28.6 Å². The van der Waals surface area contributed by atoms with Crippen molar-refractivity contribution < 1.29 is 14.0 Å². The molecule has 2 amide bonds. The molecule has 26 heavy (non-hydrogen) atoms. The molecule has 0 spiro atoms. The Balaban J connectivity index is 1.76. The Morgan fingerprint density at radius 1 is 1.38 bits per heavy atom. The van der Waals surface area contributed by atoms with E-state index in [4.69, 9.17) is 0 Å². The summed E-state index contributed by atoms with van der Waals surface area (Å²) < 4.78 is 14.5. The number of thiazole rings is 1. The van der Waals surface area contributed by atoms with Crippen molar-refractivity contribution in [1.29, 1.82) is 0 Å². The van der Waals surface area contributed by atoms with Gasteiger partial charge in [0.05, 0.1) is 29.3 Å². The van der Waals surface area contributed by atoms with E-state index in [9.17, 15) is 14.0 Å². The van der Waals surface area contributed by atoms with Crippen molar-refractivity contribution in [2.24, 2.45) is 0 Å². The molecule has 0 radical (unpaired) electrons. The lowest BCUT2D eigenvalue weighted by Crippen LogP contribution is -2.45. The highest BCUT2D eigenvalue weighted by molar-refractivity contribution is 7.11. The average Bonchev–Trinajstić information content (AvgIpc) is 3.14. The zero-order chi connectivity index (χ0) is 18.3. The summed E-state index contributed by atoms with van der Waals surface area (Å²) >= 11 is 1.31. The van der Waals surface area contributed by atoms with E-state index in [1.165, 1.54) is 17.4 Å². The van der Waals surface area contributed by atoms with Crippen LogP contribution in [0.3, 0.4) is 0 Å².